The molecule has 3 saturated heterocycles. The normalized spacial score (nSPS) is 29.7. The standard InChI is InChI=1S/C12H19N3O8S2/c16-11(13-8-3-5-24(18,19)6-4-8)10-2-1-9-7-14(10)12(17)15(9)23-25(20,21)22/h8-10H,1-7H2,(H,13,16)(H,20,21,22). The van der Waals surface area contributed by atoms with Crippen molar-refractivity contribution in [3.63, 3.8) is 0 Å². The number of piperidine rings is 1. The fourth-order valence-corrected chi connectivity index (χ4v) is 5.32. The Morgan fingerprint density at radius 1 is 1.20 bits per heavy atom. The number of urea groups is 1. The summed E-state index contributed by atoms with van der Waals surface area (Å²) in [6.45, 7) is 0.117. The molecule has 2 unspecified atom stereocenters. The number of rotatable bonds is 4. The highest BCUT2D eigenvalue weighted by Gasteiger charge is 2.49. The van der Waals surface area contributed by atoms with Crippen molar-refractivity contribution < 1.29 is 35.3 Å². The minimum absolute atomic E-state index is 0.0172. The number of hydrogen-bond donors (Lipinski definition) is 2. The maximum Gasteiger partial charge on any atom is 0.418 e. The molecule has 3 amide bonds. The van der Waals surface area contributed by atoms with Gasteiger partial charge in [0.15, 0.2) is 0 Å². The van der Waals surface area contributed by atoms with Crippen LogP contribution >= 0.6 is 0 Å². The Labute approximate surface area is 145 Å². The summed E-state index contributed by atoms with van der Waals surface area (Å²) >= 11 is 0. The maximum absolute atomic E-state index is 12.5. The van der Waals surface area contributed by atoms with Crippen molar-refractivity contribution in [2.75, 3.05) is 18.1 Å². The molecule has 0 aromatic heterocycles. The van der Waals surface area contributed by atoms with Crippen molar-refractivity contribution >= 4 is 32.2 Å². The van der Waals surface area contributed by atoms with E-state index in [1.54, 1.807) is 0 Å². The first-order chi connectivity index (χ1) is 11.6. The summed E-state index contributed by atoms with van der Waals surface area (Å²) in [6, 6.07) is -2.40. The van der Waals surface area contributed by atoms with Crippen LogP contribution in [0.15, 0.2) is 0 Å². The van der Waals surface area contributed by atoms with Crippen molar-refractivity contribution in [3.05, 3.63) is 0 Å². The first-order valence-corrected chi connectivity index (χ1v) is 11.0. The van der Waals surface area contributed by atoms with Gasteiger partial charge < -0.3 is 10.2 Å². The van der Waals surface area contributed by atoms with Gasteiger partial charge in [0, 0.05) is 12.6 Å². The smallest absolute Gasteiger partial charge is 0.352 e. The van der Waals surface area contributed by atoms with Gasteiger partial charge >= 0.3 is 16.4 Å². The first-order valence-electron chi connectivity index (χ1n) is 7.83. The van der Waals surface area contributed by atoms with E-state index < -0.39 is 44.3 Å². The van der Waals surface area contributed by atoms with Crippen molar-refractivity contribution in [1.82, 2.24) is 15.3 Å². The van der Waals surface area contributed by atoms with Crippen molar-refractivity contribution in [1.29, 1.82) is 0 Å². The number of nitrogens with one attached hydrogen (secondary N) is 1. The van der Waals surface area contributed by atoms with E-state index in [4.69, 9.17) is 4.55 Å². The molecule has 0 aromatic carbocycles. The Morgan fingerprint density at radius 2 is 1.84 bits per heavy atom. The zero-order chi connectivity index (χ0) is 18.4. The highest BCUT2D eigenvalue weighted by molar-refractivity contribution is 7.91. The maximum atomic E-state index is 12.5. The van der Waals surface area contributed by atoms with Crippen LogP contribution in [0.1, 0.15) is 25.7 Å². The minimum atomic E-state index is -4.83. The van der Waals surface area contributed by atoms with Crippen LogP contribution in [0, 0.1) is 0 Å². The van der Waals surface area contributed by atoms with E-state index in [1.165, 1.54) is 4.90 Å². The summed E-state index contributed by atoms with van der Waals surface area (Å²) in [5, 5.41) is 3.35. The van der Waals surface area contributed by atoms with Crippen LogP contribution < -0.4 is 5.32 Å². The molecule has 0 radical (unpaired) electrons. The lowest BCUT2D eigenvalue weighted by atomic mass is 9.99. The molecule has 142 valence electrons. The van der Waals surface area contributed by atoms with Crippen molar-refractivity contribution in [2.24, 2.45) is 0 Å². The fourth-order valence-electron chi connectivity index (χ4n) is 3.44. The molecule has 2 bridgehead atoms. The SMILES string of the molecule is O=C(NC1CCS(=O)(=O)CC1)C1CCC2CN1C(=O)N2OS(=O)(=O)O. The molecule has 0 saturated carbocycles. The van der Waals surface area contributed by atoms with E-state index in [0.717, 1.165) is 0 Å². The molecule has 3 aliphatic rings. The molecule has 3 rings (SSSR count). The quantitative estimate of drug-likeness (QED) is 0.555. The van der Waals surface area contributed by atoms with Crippen LogP contribution in [0.5, 0.6) is 0 Å². The molecule has 3 fully saturated rings. The van der Waals surface area contributed by atoms with Crippen molar-refractivity contribution in [2.45, 2.75) is 43.8 Å². The summed E-state index contributed by atoms with van der Waals surface area (Å²) in [5.41, 5.74) is 0. The predicted octanol–water partition coefficient (Wildman–Crippen LogP) is -1.32. The van der Waals surface area contributed by atoms with E-state index in [2.05, 4.69) is 9.60 Å². The van der Waals surface area contributed by atoms with Gasteiger partial charge in [-0.2, -0.15) is 13.5 Å². The highest BCUT2D eigenvalue weighted by atomic mass is 32.3. The van der Waals surface area contributed by atoms with Crippen molar-refractivity contribution in [3.8, 4) is 0 Å². The zero-order valence-corrected chi connectivity index (χ0v) is 14.8. The van der Waals surface area contributed by atoms with E-state index in [1.807, 2.05) is 0 Å². The molecule has 0 aliphatic carbocycles. The molecule has 11 nitrogen and oxygen atoms in total. The molecule has 0 aromatic rings. The molecule has 2 N–H and O–H groups in total. The summed E-state index contributed by atoms with van der Waals surface area (Å²) in [7, 11) is -7.87. The summed E-state index contributed by atoms with van der Waals surface area (Å²) < 4.78 is 57.6. The van der Waals surface area contributed by atoms with E-state index in [0.29, 0.717) is 30.7 Å². The van der Waals surface area contributed by atoms with Gasteiger partial charge in [0.25, 0.3) is 0 Å². The van der Waals surface area contributed by atoms with Gasteiger partial charge in [-0.15, -0.1) is 4.28 Å². The third kappa shape index (κ3) is 4.04. The van der Waals surface area contributed by atoms with Gasteiger partial charge in [0.1, 0.15) is 15.9 Å². The van der Waals surface area contributed by atoms with Gasteiger partial charge in [0.05, 0.1) is 17.5 Å². The summed E-state index contributed by atoms with van der Waals surface area (Å²) in [4.78, 5) is 25.9. The average Bonchev–Trinajstić information content (AvgIpc) is 2.73. The lowest BCUT2D eigenvalue weighted by molar-refractivity contribution is -0.126. The Morgan fingerprint density at radius 3 is 2.44 bits per heavy atom. The zero-order valence-electron chi connectivity index (χ0n) is 13.2. The Bertz CT molecular complexity index is 766. The lowest BCUT2D eigenvalue weighted by Gasteiger charge is -2.31. The largest absolute Gasteiger partial charge is 0.418 e. The van der Waals surface area contributed by atoms with Gasteiger partial charge in [0.2, 0.25) is 5.91 Å². The minimum Gasteiger partial charge on any atom is -0.352 e. The topological polar surface area (TPSA) is 150 Å². The Balaban J connectivity index is 1.63. The lowest BCUT2D eigenvalue weighted by Crippen LogP contribution is -2.53. The van der Waals surface area contributed by atoms with Crippen LogP contribution in [0.2, 0.25) is 0 Å². The van der Waals surface area contributed by atoms with E-state index in [-0.39, 0.29) is 24.1 Å². The number of carbonyl (C=O) groups is 2. The van der Waals surface area contributed by atoms with Crippen LogP contribution in [0.4, 0.5) is 4.79 Å². The second-order valence-electron chi connectivity index (χ2n) is 6.44. The monoisotopic (exact) mass is 397 g/mol. The predicted molar refractivity (Wildman–Crippen MR) is 83.2 cm³/mol. The molecular formula is C12H19N3O8S2. The second-order valence-corrected chi connectivity index (χ2v) is 9.75. The number of hydrogen-bond acceptors (Lipinski definition) is 7. The summed E-state index contributed by atoms with van der Waals surface area (Å²) in [6.07, 6.45) is 1.32. The molecule has 0 spiro atoms. The number of hydroxylamine groups is 2. The van der Waals surface area contributed by atoms with Crippen LogP contribution in [-0.4, -0.2) is 79.5 Å². The van der Waals surface area contributed by atoms with E-state index >= 15 is 0 Å². The fraction of sp³-hybridized carbons (Fsp3) is 0.833. The van der Waals surface area contributed by atoms with E-state index in [9.17, 15) is 26.4 Å². The second kappa shape index (κ2) is 6.37. The molecule has 25 heavy (non-hydrogen) atoms. The number of sulfone groups is 1. The molecular weight excluding hydrogens is 378 g/mol. The Hall–Kier alpha value is -1.44. The van der Waals surface area contributed by atoms with Crippen LogP contribution in [-0.2, 0) is 29.3 Å². The van der Waals surface area contributed by atoms with Gasteiger partial charge in [-0.05, 0) is 25.7 Å². The first kappa shape index (κ1) is 18.4. The number of nitrogens with zero attached hydrogens (tertiary/aromatic N) is 2. The molecule has 3 aliphatic heterocycles. The number of amides is 3. The molecule has 13 heteroatoms. The molecule has 2 atom stereocenters. The van der Waals surface area contributed by atoms with Gasteiger partial charge in [-0.3, -0.25) is 9.35 Å². The Kier molecular flexibility index (Phi) is 4.68. The number of carbonyl (C=O) groups excluding carboxylic acids is 2. The summed E-state index contributed by atoms with van der Waals surface area (Å²) in [5.74, 6) is -0.364. The van der Waals surface area contributed by atoms with Gasteiger partial charge in [-0.25, -0.2) is 13.2 Å². The molecule has 3 heterocycles. The third-order valence-corrected chi connectivity index (χ3v) is 6.77. The average molecular weight is 397 g/mol. The van der Waals surface area contributed by atoms with Crippen LogP contribution in [0.25, 0.3) is 0 Å². The highest BCUT2D eigenvalue weighted by Crippen LogP contribution is 2.31. The third-order valence-electron chi connectivity index (χ3n) is 4.70. The number of fused-ring (bicyclic) bond motifs is 2. The van der Waals surface area contributed by atoms with Crippen LogP contribution in [0.3, 0.4) is 0 Å². The van der Waals surface area contributed by atoms with Gasteiger partial charge in [-0.1, -0.05) is 0 Å².